The Kier molecular flexibility index (Phi) is 5.87. The monoisotopic (exact) mass is 404 g/mol. The van der Waals surface area contributed by atoms with E-state index in [9.17, 15) is 23.7 Å². The van der Waals surface area contributed by atoms with Crippen molar-refractivity contribution in [3.05, 3.63) is 47.0 Å². The topological polar surface area (TPSA) is 104 Å². The fourth-order valence-electron chi connectivity index (χ4n) is 2.48. The van der Waals surface area contributed by atoms with Gasteiger partial charge >= 0.3 is 5.97 Å². The number of hydrogen-bond donors (Lipinski definition) is 2. The third-order valence-electron chi connectivity index (χ3n) is 3.64. The first-order chi connectivity index (χ1) is 11.6. The summed E-state index contributed by atoms with van der Waals surface area (Å²) in [6.07, 6.45) is 0. The summed E-state index contributed by atoms with van der Waals surface area (Å²) in [7, 11) is 3.53. The Morgan fingerprint density at radius 1 is 1.36 bits per heavy atom. The van der Waals surface area contributed by atoms with Gasteiger partial charge in [-0.3, -0.25) is 9.59 Å². The minimum Gasteiger partial charge on any atom is -0.479 e. The second-order valence-electron chi connectivity index (χ2n) is 5.43. The van der Waals surface area contributed by atoms with Gasteiger partial charge in [-0.1, -0.05) is 18.2 Å². The average molecular weight is 405 g/mol. The lowest BCUT2D eigenvalue weighted by molar-refractivity contribution is -0.158. The summed E-state index contributed by atoms with van der Waals surface area (Å²) >= 11 is 5.75. The van der Waals surface area contributed by atoms with Gasteiger partial charge in [-0.2, -0.15) is 0 Å². The van der Waals surface area contributed by atoms with E-state index >= 15 is 0 Å². The Hall–Kier alpha value is -1.90. The Labute approximate surface area is 155 Å². The van der Waals surface area contributed by atoms with Crippen LogP contribution < -0.4 is 5.32 Å². The first kappa shape index (κ1) is 19.4. The number of benzene rings is 1. The van der Waals surface area contributed by atoms with E-state index in [1.54, 1.807) is 0 Å². The van der Waals surface area contributed by atoms with Crippen molar-refractivity contribution >= 4 is 50.1 Å². The van der Waals surface area contributed by atoms with Crippen LogP contribution in [0.25, 0.3) is 0 Å². The Morgan fingerprint density at radius 3 is 2.36 bits per heavy atom. The summed E-state index contributed by atoms with van der Waals surface area (Å²) in [6.45, 7) is 4.96. The van der Waals surface area contributed by atoms with E-state index in [1.807, 2.05) is 0 Å². The van der Waals surface area contributed by atoms with Crippen LogP contribution in [0.15, 0.2) is 36.4 Å². The number of carboxylic acids is 1. The van der Waals surface area contributed by atoms with E-state index in [2.05, 4.69) is 11.9 Å². The second-order valence-corrected chi connectivity index (χ2v) is 7.76. The molecule has 7 nitrogen and oxygen atoms in total. The van der Waals surface area contributed by atoms with Crippen molar-refractivity contribution in [3.8, 4) is 0 Å². The Bertz CT molecular complexity index is 754. The number of carbonyl (C=O) groups excluding carboxylic acids is 2. The van der Waals surface area contributed by atoms with Crippen molar-refractivity contribution in [1.82, 2.24) is 10.2 Å². The number of hydrogen-bond acceptors (Lipinski definition) is 4. The molecule has 0 saturated carbocycles. The lowest BCUT2D eigenvalue weighted by Gasteiger charge is -2.47. The molecule has 0 radical (unpaired) electrons. The molecule has 0 aliphatic carbocycles. The normalized spacial score (nSPS) is 21.9. The maximum Gasteiger partial charge on any atom is 0.330 e. The van der Waals surface area contributed by atoms with Crippen molar-refractivity contribution in [2.45, 2.75) is 24.4 Å². The van der Waals surface area contributed by atoms with Crippen LogP contribution in [0.3, 0.4) is 0 Å². The van der Waals surface area contributed by atoms with E-state index in [0.29, 0.717) is 5.02 Å². The van der Waals surface area contributed by atoms with E-state index in [4.69, 9.17) is 22.3 Å². The Morgan fingerprint density at radius 2 is 1.92 bits per heavy atom. The van der Waals surface area contributed by atoms with E-state index in [0.717, 1.165) is 4.90 Å². The zero-order chi connectivity index (χ0) is 18.9. The molecule has 1 aliphatic rings. The zero-order valence-corrected chi connectivity index (χ0v) is 15.3. The van der Waals surface area contributed by atoms with Crippen LogP contribution in [0, 0.1) is 0 Å². The van der Waals surface area contributed by atoms with Gasteiger partial charge in [-0.25, -0.2) is 9.00 Å². The first-order valence-corrected chi connectivity index (χ1v) is 9.40. The highest BCUT2D eigenvalue weighted by Gasteiger charge is 2.56. The largest absolute Gasteiger partial charge is 0.479 e. The number of aliphatic carboxylic acids is 1. The van der Waals surface area contributed by atoms with Gasteiger partial charge in [-0.05, 0) is 47.4 Å². The van der Waals surface area contributed by atoms with Crippen molar-refractivity contribution in [2.24, 2.45) is 0 Å². The molecule has 0 spiro atoms. The summed E-state index contributed by atoms with van der Waals surface area (Å²) in [5.74, 6) is -2.61. The molecule has 1 heterocycles. The molecule has 1 fully saturated rings. The second kappa shape index (κ2) is 7.55. The minimum absolute atomic E-state index is 0.176. The molecule has 1 saturated heterocycles. The highest BCUT2D eigenvalue weighted by atomic mass is 35.7. The zero-order valence-electron chi connectivity index (χ0n) is 12.9. The molecule has 2 amide bonds. The Balaban J connectivity index is 2.22. The van der Waals surface area contributed by atoms with Gasteiger partial charge in [0.2, 0.25) is 5.91 Å². The average Bonchev–Trinajstić information content (AvgIpc) is 2.52. The fraction of sp³-hybridized carbons (Fsp3) is 0.267. The number of rotatable bonds is 6. The molecule has 134 valence electrons. The third kappa shape index (κ3) is 3.86. The van der Waals surface area contributed by atoms with Crippen LogP contribution >= 0.6 is 22.3 Å². The highest BCUT2D eigenvalue weighted by Crippen LogP contribution is 2.30. The SMILES string of the molecule is C=C(C)C(C(=O)O)N1C(=O)C(NC(=O)c2ccc(Cl)cc2)C1S(=O)Cl. The van der Waals surface area contributed by atoms with Crippen molar-refractivity contribution in [1.29, 1.82) is 0 Å². The molecule has 0 bridgehead atoms. The van der Waals surface area contributed by atoms with Crippen LogP contribution in [-0.4, -0.2) is 49.5 Å². The maximum atomic E-state index is 12.3. The molecule has 25 heavy (non-hydrogen) atoms. The third-order valence-corrected chi connectivity index (χ3v) is 5.32. The predicted molar refractivity (Wildman–Crippen MR) is 93.6 cm³/mol. The number of carboxylic acid groups (broad SMARTS) is 1. The number of carbonyl (C=O) groups is 3. The molecule has 1 aromatic rings. The summed E-state index contributed by atoms with van der Waals surface area (Å²) in [6, 6.07) is 3.36. The van der Waals surface area contributed by atoms with Gasteiger partial charge in [0.15, 0.2) is 11.4 Å². The molecular weight excluding hydrogens is 391 g/mol. The molecule has 2 rings (SSSR count). The smallest absolute Gasteiger partial charge is 0.330 e. The summed E-state index contributed by atoms with van der Waals surface area (Å²) in [4.78, 5) is 36.8. The lowest BCUT2D eigenvalue weighted by Crippen LogP contribution is -2.74. The quantitative estimate of drug-likeness (QED) is 0.425. The predicted octanol–water partition coefficient (Wildman–Crippen LogP) is 1.54. The van der Waals surface area contributed by atoms with Gasteiger partial charge in [-0.15, -0.1) is 0 Å². The number of nitrogens with one attached hydrogen (secondary N) is 1. The summed E-state index contributed by atoms with van der Waals surface area (Å²) < 4.78 is 11.8. The molecule has 4 atom stereocenters. The summed E-state index contributed by atoms with van der Waals surface area (Å²) in [5.41, 5.74) is 0.417. The molecule has 1 aromatic carbocycles. The number of likely N-dealkylation sites (tertiary alicyclic amines) is 1. The molecule has 0 aromatic heterocycles. The fourth-order valence-corrected chi connectivity index (χ4v) is 3.98. The van der Waals surface area contributed by atoms with E-state index in [1.165, 1.54) is 31.2 Å². The van der Waals surface area contributed by atoms with E-state index in [-0.39, 0.29) is 11.1 Å². The van der Waals surface area contributed by atoms with Gasteiger partial charge in [0, 0.05) is 10.6 Å². The molecular formula is C15H14Cl2N2O5S. The molecule has 4 unspecified atom stereocenters. The summed E-state index contributed by atoms with van der Waals surface area (Å²) in [5, 5.41) is 11.0. The van der Waals surface area contributed by atoms with Gasteiger partial charge in [0.1, 0.15) is 16.1 Å². The number of nitrogens with zero attached hydrogens (tertiary/aromatic N) is 1. The maximum absolute atomic E-state index is 12.3. The number of halogens is 2. The molecule has 10 heteroatoms. The standard InChI is InChI=1S/C15H14Cl2N2O5S/c1-7(2)11(15(22)23)19-13(21)10(14(19)25(17)24)18-12(20)8-3-5-9(16)6-4-8/h3-6,10-11,14H,1H2,2H3,(H,18,20)(H,22,23). The van der Waals surface area contributed by atoms with Crippen molar-refractivity contribution in [2.75, 3.05) is 0 Å². The number of β-lactam (4-membered cyclic amide) rings is 1. The first-order valence-electron chi connectivity index (χ1n) is 6.98. The highest BCUT2D eigenvalue weighted by molar-refractivity contribution is 8.08. The van der Waals surface area contributed by atoms with Crippen LogP contribution in [0.2, 0.25) is 5.02 Å². The van der Waals surface area contributed by atoms with Gasteiger partial charge < -0.3 is 15.3 Å². The van der Waals surface area contributed by atoms with Crippen molar-refractivity contribution in [3.63, 3.8) is 0 Å². The van der Waals surface area contributed by atoms with Crippen LogP contribution in [0.5, 0.6) is 0 Å². The van der Waals surface area contributed by atoms with Crippen LogP contribution in [0.1, 0.15) is 17.3 Å². The van der Waals surface area contributed by atoms with Crippen LogP contribution in [-0.2, 0) is 19.6 Å². The molecule has 2 N–H and O–H groups in total. The van der Waals surface area contributed by atoms with Crippen LogP contribution in [0.4, 0.5) is 0 Å². The number of amides is 2. The lowest BCUT2D eigenvalue weighted by atomic mass is 9.99. The van der Waals surface area contributed by atoms with E-state index < -0.39 is 45.3 Å². The van der Waals surface area contributed by atoms with Gasteiger partial charge in [0.05, 0.1) is 0 Å². The molecule has 1 aliphatic heterocycles. The minimum atomic E-state index is -2.10. The van der Waals surface area contributed by atoms with Gasteiger partial charge in [0.25, 0.3) is 5.91 Å². The van der Waals surface area contributed by atoms with Crippen molar-refractivity contribution < 1.29 is 23.7 Å².